The third kappa shape index (κ3) is 4.22. The van der Waals surface area contributed by atoms with Gasteiger partial charge >= 0.3 is 0 Å². The molecule has 2 saturated heterocycles. The normalized spacial score (nSPS) is 24.9. The summed E-state index contributed by atoms with van der Waals surface area (Å²) in [6, 6.07) is 6.04. The van der Waals surface area contributed by atoms with Gasteiger partial charge in [-0.1, -0.05) is 6.07 Å². The average Bonchev–Trinajstić information content (AvgIpc) is 2.84. The topological polar surface area (TPSA) is 45.3 Å². The van der Waals surface area contributed by atoms with Crippen molar-refractivity contribution in [2.24, 2.45) is 0 Å². The molecule has 1 atom stereocenters. The predicted molar refractivity (Wildman–Crippen MR) is 106 cm³/mol. The third-order valence-corrected chi connectivity index (χ3v) is 6.35. The second-order valence-electron chi connectivity index (χ2n) is 7.76. The van der Waals surface area contributed by atoms with Crippen LogP contribution in [0.4, 0.5) is 0 Å². The molecule has 1 spiro atoms. The van der Waals surface area contributed by atoms with E-state index in [1.165, 1.54) is 5.56 Å². The highest BCUT2D eigenvalue weighted by atomic mass is 16.5. The maximum atomic E-state index is 12.4. The molecule has 2 heterocycles. The van der Waals surface area contributed by atoms with Gasteiger partial charge in [-0.15, -0.1) is 0 Å². The molecule has 2 aliphatic rings. The van der Waals surface area contributed by atoms with Crippen LogP contribution in [-0.4, -0.2) is 80.1 Å². The number of ether oxygens (including phenoxy) is 2. The van der Waals surface area contributed by atoms with Crippen LogP contribution in [0, 0.1) is 0 Å². The minimum absolute atomic E-state index is 0.0809. The van der Waals surface area contributed by atoms with E-state index in [1.807, 2.05) is 17.0 Å². The van der Waals surface area contributed by atoms with Gasteiger partial charge in [0.05, 0.1) is 14.2 Å². The summed E-state index contributed by atoms with van der Waals surface area (Å²) >= 11 is 0. The quantitative estimate of drug-likeness (QED) is 0.790. The van der Waals surface area contributed by atoms with Gasteiger partial charge < -0.3 is 14.4 Å². The fourth-order valence-corrected chi connectivity index (χ4v) is 4.47. The highest BCUT2D eigenvalue weighted by molar-refractivity contribution is 5.76. The second kappa shape index (κ2) is 8.48. The van der Waals surface area contributed by atoms with Crippen molar-refractivity contribution in [1.82, 2.24) is 14.7 Å². The lowest BCUT2D eigenvalue weighted by Crippen LogP contribution is -2.60. The van der Waals surface area contributed by atoms with Crippen molar-refractivity contribution in [3.8, 4) is 11.5 Å². The van der Waals surface area contributed by atoms with Crippen LogP contribution in [0.2, 0.25) is 0 Å². The molecule has 150 valence electrons. The lowest BCUT2D eigenvalue weighted by atomic mass is 9.86. The number of rotatable bonds is 5. The summed E-state index contributed by atoms with van der Waals surface area (Å²) in [5.41, 5.74) is 1.26. The highest BCUT2D eigenvalue weighted by Crippen LogP contribution is 2.34. The number of hydrogen-bond donors (Lipinski definition) is 0. The van der Waals surface area contributed by atoms with Crippen molar-refractivity contribution in [2.45, 2.75) is 38.3 Å². The molecule has 0 unspecified atom stereocenters. The van der Waals surface area contributed by atoms with Gasteiger partial charge in [0.2, 0.25) is 5.91 Å². The zero-order valence-electron chi connectivity index (χ0n) is 17.2. The van der Waals surface area contributed by atoms with E-state index >= 15 is 0 Å². The highest BCUT2D eigenvalue weighted by Gasteiger charge is 2.42. The van der Waals surface area contributed by atoms with E-state index in [9.17, 15) is 4.79 Å². The standard InChI is InChI=1S/C21H33N3O3/c1-5-24-11-10-21(9-8-20(24)25)16-23(13-12-22(21)2)15-17-6-7-18(26-3)14-19(17)27-4/h6-7,14H,5,8-13,15-16H2,1-4H3/t21-/m0/s1. The summed E-state index contributed by atoms with van der Waals surface area (Å²) in [5.74, 6) is 1.99. The Bertz CT molecular complexity index is 666. The summed E-state index contributed by atoms with van der Waals surface area (Å²) in [6.07, 6.45) is 2.63. The van der Waals surface area contributed by atoms with Crippen LogP contribution in [0.3, 0.4) is 0 Å². The third-order valence-electron chi connectivity index (χ3n) is 6.35. The van der Waals surface area contributed by atoms with Crippen molar-refractivity contribution in [2.75, 3.05) is 54.0 Å². The van der Waals surface area contributed by atoms with Gasteiger partial charge in [0, 0.05) is 62.9 Å². The molecule has 2 fully saturated rings. The molecule has 0 bridgehead atoms. The number of piperazine rings is 1. The van der Waals surface area contributed by atoms with E-state index in [0.29, 0.717) is 12.3 Å². The van der Waals surface area contributed by atoms with Gasteiger partial charge in [0.1, 0.15) is 11.5 Å². The molecule has 1 aromatic rings. The van der Waals surface area contributed by atoms with Crippen molar-refractivity contribution >= 4 is 5.91 Å². The maximum absolute atomic E-state index is 12.4. The summed E-state index contributed by atoms with van der Waals surface area (Å²) in [4.78, 5) is 19.4. The Hall–Kier alpha value is -1.79. The molecule has 0 N–H and O–H groups in total. The van der Waals surface area contributed by atoms with Crippen LogP contribution in [-0.2, 0) is 11.3 Å². The summed E-state index contributed by atoms with van der Waals surface area (Å²) < 4.78 is 10.9. The average molecular weight is 376 g/mol. The van der Waals surface area contributed by atoms with Gasteiger partial charge in [-0.2, -0.15) is 0 Å². The molecular weight excluding hydrogens is 342 g/mol. The smallest absolute Gasteiger partial charge is 0.222 e. The first-order chi connectivity index (χ1) is 13.0. The number of hydrogen-bond acceptors (Lipinski definition) is 5. The number of nitrogens with zero attached hydrogens (tertiary/aromatic N) is 3. The van der Waals surface area contributed by atoms with Crippen LogP contribution in [0.15, 0.2) is 18.2 Å². The first-order valence-corrected chi connectivity index (χ1v) is 9.93. The van der Waals surface area contributed by atoms with Gasteiger partial charge in [0.15, 0.2) is 0 Å². The molecule has 1 aromatic carbocycles. The minimum Gasteiger partial charge on any atom is -0.497 e. The molecule has 0 aromatic heterocycles. The van der Waals surface area contributed by atoms with E-state index in [4.69, 9.17) is 9.47 Å². The molecular formula is C21H33N3O3. The largest absolute Gasteiger partial charge is 0.497 e. The van der Waals surface area contributed by atoms with Crippen LogP contribution in [0.1, 0.15) is 31.7 Å². The number of carbonyl (C=O) groups is 1. The van der Waals surface area contributed by atoms with Crippen LogP contribution in [0.5, 0.6) is 11.5 Å². The van der Waals surface area contributed by atoms with Gasteiger partial charge in [-0.25, -0.2) is 0 Å². The number of benzene rings is 1. The molecule has 6 heteroatoms. The molecule has 0 saturated carbocycles. The monoisotopic (exact) mass is 375 g/mol. The zero-order chi connectivity index (χ0) is 19.4. The zero-order valence-corrected chi connectivity index (χ0v) is 17.2. The Morgan fingerprint density at radius 3 is 2.63 bits per heavy atom. The van der Waals surface area contributed by atoms with E-state index in [2.05, 4.69) is 29.8 Å². The van der Waals surface area contributed by atoms with Crippen molar-refractivity contribution in [3.63, 3.8) is 0 Å². The van der Waals surface area contributed by atoms with E-state index in [1.54, 1.807) is 14.2 Å². The summed E-state index contributed by atoms with van der Waals surface area (Å²) in [7, 11) is 5.60. The fourth-order valence-electron chi connectivity index (χ4n) is 4.47. The Labute approximate surface area is 163 Å². The van der Waals surface area contributed by atoms with Gasteiger partial charge in [-0.3, -0.25) is 14.6 Å². The SMILES string of the molecule is CCN1CC[C@@]2(CCC1=O)CN(Cc1ccc(OC)cc1OC)CCN2C. The molecule has 6 nitrogen and oxygen atoms in total. The molecule has 0 aliphatic carbocycles. The molecule has 27 heavy (non-hydrogen) atoms. The second-order valence-corrected chi connectivity index (χ2v) is 7.76. The van der Waals surface area contributed by atoms with E-state index in [-0.39, 0.29) is 5.54 Å². The Morgan fingerprint density at radius 1 is 1.11 bits per heavy atom. The van der Waals surface area contributed by atoms with Crippen molar-refractivity contribution in [1.29, 1.82) is 0 Å². The number of carbonyl (C=O) groups excluding carboxylic acids is 1. The first-order valence-electron chi connectivity index (χ1n) is 9.93. The van der Waals surface area contributed by atoms with E-state index in [0.717, 1.165) is 63.6 Å². The molecule has 2 aliphatic heterocycles. The number of likely N-dealkylation sites (tertiary alicyclic amines) is 1. The Morgan fingerprint density at radius 2 is 1.93 bits per heavy atom. The van der Waals surface area contributed by atoms with Gasteiger partial charge in [0.25, 0.3) is 0 Å². The minimum atomic E-state index is 0.0809. The molecule has 3 rings (SSSR count). The number of methoxy groups -OCH3 is 2. The Kier molecular flexibility index (Phi) is 6.27. The summed E-state index contributed by atoms with van der Waals surface area (Å²) in [6.45, 7) is 7.64. The molecule has 1 amide bonds. The van der Waals surface area contributed by atoms with Gasteiger partial charge in [-0.05, 0) is 32.9 Å². The lowest BCUT2D eigenvalue weighted by Gasteiger charge is -2.49. The lowest BCUT2D eigenvalue weighted by molar-refractivity contribution is -0.130. The Balaban J connectivity index is 1.75. The van der Waals surface area contributed by atoms with Crippen LogP contribution < -0.4 is 9.47 Å². The van der Waals surface area contributed by atoms with Crippen LogP contribution >= 0.6 is 0 Å². The number of amides is 1. The predicted octanol–water partition coefficient (Wildman–Crippen LogP) is 2.22. The summed E-state index contributed by atoms with van der Waals surface area (Å²) in [5, 5.41) is 0. The van der Waals surface area contributed by atoms with Crippen molar-refractivity contribution < 1.29 is 14.3 Å². The first kappa shape index (κ1) is 20.0. The molecule has 0 radical (unpaired) electrons. The maximum Gasteiger partial charge on any atom is 0.222 e. The number of likely N-dealkylation sites (N-methyl/N-ethyl adjacent to an activating group) is 1. The van der Waals surface area contributed by atoms with Crippen molar-refractivity contribution in [3.05, 3.63) is 23.8 Å². The van der Waals surface area contributed by atoms with Crippen LogP contribution in [0.25, 0.3) is 0 Å². The fraction of sp³-hybridized carbons (Fsp3) is 0.667. The van der Waals surface area contributed by atoms with E-state index < -0.39 is 0 Å².